The number of fused-ring (bicyclic) bond motifs is 2. The van der Waals surface area contributed by atoms with E-state index in [1.54, 1.807) is 0 Å². The molecule has 0 bridgehead atoms. The lowest BCUT2D eigenvalue weighted by molar-refractivity contribution is -0.148. The van der Waals surface area contributed by atoms with Gasteiger partial charge in [0.25, 0.3) is 23.6 Å². The lowest BCUT2D eigenvalue weighted by atomic mass is 10.1. The number of unbranched alkanes of at least 4 members (excludes halogenated alkanes) is 3. The number of esters is 1. The van der Waals surface area contributed by atoms with Gasteiger partial charge in [-0.2, -0.15) is 0 Å². The molecule has 0 N–H and O–H groups in total. The Balaban J connectivity index is 1.54. The van der Waals surface area contributed by atoms with Crippen molar-refractivity contribution >= 4 is 122 Å². The largest absolute Gasteiger partial charge is 0.464 e. The van der Waals surface area contributed by atoms with Gasteiger partial charge in [0.2, 0.25) is 0 Å². The molecule has 230 valence electrons. The first-order valence-corrected chi connectivity index (χ1v) is 15.9. The third kappa shape index (κ3) is 6.07. The number of amides is 4. The van der Waals surface area contributed by atoms with Crippen molar-refractivity contribution in [2.45, 2.75) is 51.5 Å². The molecule has 43 heavy (non-hydrogen) atoms. The highest BCUT2D eigenvalue weighted by molar-refractivity contribution is 6.56. The van der Waals surface area contributed by atoms with Gasteiger partial charge in [-0.05, 0) is 25.7 Å². The maximum atomic E-state index is 13.4. The number of benzene rings is 2. The number of hydrogen-bond donors (Lipinski definition) is 0. The molecule has 4 amide bonds. The van der Waals surface area contributed by atoms with Gasteiger partial charge in [-0.25, -0.2) is 4.79 Å². The van der Waals surface area contributed by atoms with Crippen LogP contribution in [0.2, 0.25) is 40.2 Å². The van der Waals surface area contributed by atoms with E-state index in [4.69, 9.17) is 97.5 Å². The number of nitrogens with zero attached hydrogens (tertiary/aromatic N) is 2. The quantitative estimate of drug-likeness (QED) is 0.0747. The molecule has 1 atom stereocenters. The molecule has 1 unspecified atom stereocenters. The van der Waals surface area contributed by atoms with Crippen molar-refractivity contribution in [2.24, 2.45) is 0 Å². The van der Waals surface area contributed by atoms with E-state index in [1.165, 1.54) is 0 Å². The number of carbonyl (C=O) groups excluding carboxylic acids is 5. The van der Waals surface area contributed by atoms with Crippen LogP contribution in [-0.4, -0.2) is 58.6 Å². The van der Waals surface area contributed by atoms with Crippen LogP contribution in [0.5, 0.6) is 0 Å². The zero-order valence-electron chi connectivity index (χ0n) is 22.1. The summed E-state index contributed by atoms with van der Waals surface area (Å²) in [6, 6.07) is -1.37. The molecule has 2 aliphatic rings. The minimum Gasteiger partial charge on any atom is -0.464 e. The second kappa shape index (κ2) is 13.9. The van der Waals surface area contributed by atoms with E-state index in [2.05, 4.69) is 0 Å². The van der Waals surface area contributed by atoms with Gasteiger partial charge in [0.05, 0.1) is 69.0 Å². The molecule has 0 spiro atoms. The van der Waals surface area contributed by atoms with Gasteiger partial charge in [-0.3, -0.25) is 29.0 Å². The summed E-state index contributed by atoms with van der Waals surface area (Å²) in [6.45, 7) is 1.96. The van der Waals surface area contributed by atoms with Crippen molar-refractivity contribution in [3.05, 3.63) is 62.4 Å². The monoisotopic (exact) mass is 748 g/mol. The molecule has 16 heteroatoms. The Bertz CT molecular complexity index is 1490. The van der Waals surface area contributed by atoms with E-state index < -0.39 is 35.6 Å². The van der Waals surface area contributed by atoms with Crippen LogP contribution >= 0.6 is 92.8 Å². The van der Waals surface area contributed by atoms with Gasteiger partial charge >= 0.3 is 5.97 Å². The van der Waals surface area contributed by atoms with E-state index in [0.717, 1.165) is 22.6 Å². The molecule has 0 aliphatic carbocycles. The van der Waals surface area contributed by atoms with Crippen LogP contribution in [0.15, 0.2) is 0 Å². The number of imide groups is 2. The third-order valence-electron chi connectivity index (χ3n) is 7.00. The number of halogens is 8. The maximum absolute atomic E-state index is 13.4. The molecule has 4 rings (SSSR count). The minimum atomic E-state index is -1.37. The van der Waals surface area contributed by atoms with Gasteiger partial charge in [0.15, 0.2) is 0 Å². The maximum Gasteiger partial charge on any atom is 0.329 e. The van der Waals surface area contributed by atoms with E-state index in [1.807, 2.05) is 6.92 Å². The first-order chi connectivity index (χ1) is 20.3. The Morgan fingerprint density at radius 1 is 0.605 bits per heavy atom. The fourth-order valence-electron chi connectivity index (χ4n) is 4.83. The Kier molecular flexibility index (Phi) is 11.1. The van der Waals surface area contributed by atoms with Gasteiger partial charge in [0.1, 0.15) is 6.04 Å². The highest BCUT2D eigenvalue weighted by Gasteiger charge is 2.47. The lowest BCUT2D eigenvalue weighted by Gasteiger charge is -2.25. The fourth-order valence-corrected chi connectivity index (χ4v) is 6.86. The second-order valence-corrected chi connectivity index (χ2v) is 12.7. The fraction of sp³-hybridized carbons (Fsp3) is 0.370. The normalized spacial score (nSPS) is 15.0. The van der Waals surface area contributed by atoms with E-state index in [9.17, 15) is 24.0 Å². The molecule has 2 aromatic carbocycles. The Morgan fingerprint density at radius 3 is 1.44 bits per heavy atom. The summed E-state index contributed by atoms with van der Waals surface area (Å²) in [5, 5.41) is -1.66. The first-order valence-electron chi connectivity index (χ1n) is 12.9. The van der Waals surface area contributed by atoms with Crippen LogP contribution in [0, 0.1) is 0 Å². The van der Waals surface area contributed by atoms with Crippen molar-refractivity contribution in [3.63, 3.8) is 0 Å². The van der Waals surface area contributed by atoms with Crippen LogP contribution in [0.3, 0.4) is 0 Å². The zero-order chi connectivity index (χ0) is 31.9. The summed E-state index contributed by atoms with van der Waals surface area (Å²) < 4.78 is 5.40. The molecule has 2 aromatic rings. The standard InChI is InChI=1S/C27H20Cl8N2O6/c1-2-3-6-9-43-27(42)10(37-25(40)13-14(26(37)41)18(31)22(35)21(34)17(13)30)7-4-5-8-36-23(38)11-12(24(36)39)16(29)20(33)19(32)15(11)28/h10H,2-9H2,1H3. The smallest absolute Gasteiger partial charge is 0.329 e. The average molecular weight is 752 g/mol. The lowest BCUT2D eigenvalue weighted by Crippen LogP contribution is -2.46. The van der Waals surface area contributed by atoms with Crippen LogP contribution in [0.1, 0.15) is 86.9 Å². The molecule has 2 heterocycles. The molecule has 0 radical (unpaired) electrons. The average Bonchev–Trinajstić information content (AvgIpc) is 3.38. The summed E-state index contributed by atoms with van der Waals surface area (Å²) in [4.78, 5) is 67.8. The van der Waals surface area contributed by atoms with Crippen molar-refractivity contribution in [2.75, 3.05) is 13.2 Å². The number of carbonyl (C=O) groups is 5. The molecular formula is C27H20Cl8N2O6. The van der Waals surface area contributed by atoms with E-state index in [0.29, 0.717) is 6.42 Å². The number of rotatable bonds is 11. The summed E-state index contributed by atoms with van der Waals surface area (Å²) >= 11 is 49.2. The number of hydrogen-bond acceptors (Lipinski definition) is 6. The van der Waals surface area contributed by atoms with Crippen molar-refractivity contribution in [1.82, 2.24) is 9.80 Å². The van der Waals surface area contributed by atoms with Crippen LogP contribution < -0.4 is 0 Å². The molecule has 0 saturated carbocycles. The zero-order valence-corrected chi connectivity index (χ0v) is 28.1. The topological polar surface area (TPSA) is 101 Å². The summed E-state index contributed by atoms with van der Waals surface area (Å²) in [5.74, 6) is -4.02. The van der Waals surface area contributed by atoms with Crippen molar-refractivity contribution in [1.29, 1.82) is 0 Å². The first kappa shape index (κ1) is 34.4. The minimum absolute atomic E-state index is 0.0723. The molecule has 8 nitrogen and oxygen atoms in total. The van der Waals surface area contributed by atoms with Gasteiger partial charge in [-0.1, -0.05) is 113 Å². The molecule has 2 aliphatic heterocycles. The summed E-state index contributed by atoms with van der Waals surface area (Å²) in [6.07, 6.45) is 2.53. The summed E-state index contributed by atoms with van der Waals surface area (Å²) in [5.41, 5.74) is -0.854. The molecule has 0 saturated heterocycles. The van der Waals surface area contributed by atoms with E-state index >= 15 is 0 Å². The number of ether oxygens (including phenoxy) is 1. The summed E-state index contributed by atoms with van der Waals surface area (Å²) in [7, 11) is 0. The predicted molar refractivity (Wildman–Crippen MR) is 167 cm³/mol. The second-order valence-electron chi connectivity index (χ2n) is 9.64. The predicted octanol–water partition coefficient (Wildman–Crippen LogP) is 9.08. The van der Waals surface area contributed by atoms with Gasteiger partial charge in [0, 0.05) is 6.54 Å². The molecule has 0 aromatic heterocycles. The SMILES string of the molecule is CCCCCOC(=O)C(CCCCN1C(=O)c2c(Cl)c(Cl)c(Cl)c(Cl)c2C1=O)N1C(=O)c2c(Cl)c(Cl)c(Cl)c(Cl)c2C1=O. The van der Waals surface area contributed by atoms with Gasteiger partial charge < -0.3 is 4.74 Å². The van der Waals surface area contributed by atoms with Crippen LogP contribution in [0.25, 0.3) is 0 Å². The highest BCUT2D eigenvalue weighted by atomic mass is 35.5. The van der Waals surface area contributed by atoms with Crippen molar-refractivity contribution < 1.29 is 28.7 Å². The Labute approximate surface area is 286 Å². The van der Waals surface area contributed by atoms with Gasteiger partial charge in [-0.15, -0.1) is 0 Å². The highest BCUT2D eigenvalue weighted by Crippen LogP contribution is 2.46. The van der Waals surface area contributed by atoms with Crippen molar-refractivity contribution in [3.8, 4) is 0 Å². The molecular weight excluding hydrogens is 732 g/mol. The van der Waals surface area contributed by atoms with Crippen LogP contribution in [-0.2, 0) is 9.53 Å². The van der Waals surface area contributed by atoms with E-state index in [-0.39, 0.29) is 94.8 Å². The van der Waals surface area contributed by atoms with Crippen LogP contribution in [0.4, 0.5) is 0 Å². The Morgan fingerprint density at radius 2 is 1.02 bits per heavy atom. The third-order valence-corrected chi connectivity index (χ3v) is 10.6. The molecule has 0 fully saturated rings. The Hall–Kier alpha value is -1.49.